The van der Waals surface area contributed by atoms with E-state index in [2.05, 4.69) is 4.90 Å². The first-order valence-electron chi connectivity index (χ1n) is 6.54. The maximum absolute atomic E-state index is 13.2. The van der Waals surface area contributed by atoms with Crippen LogP contribution >= 0.6 is 0 Å². The van der Waals surface area contributed by atoms with Crippen LogP contribution in [0.2, 0.25) is 0 Å². The van der Waals surface area contributed by atoms with Crippen molar-refractivity contribution in [1.29, 1.82) is 0 Å². The van der Waals surface area contributed by atoms with Crippen LogP contribution in [0, 0.1) is 5.82 Å². The van der Waals surface area contributed by atoms with Gasteiger partial charge in [0.15, 0.2) is 9.84 Å². The molecule has 19 heavy (non-hydrogen) atoms. The molecule has 1 aromatic carbocycles. The Bertz CT molecular complexity index is 558. The number of sulfone groups is 1. The van der Waals surface area contributed by atoms with Crippen LogP contribution < -0.4 is 0 Å². The van der Waals surface area contributed by atoms with E-state index in [1.807, 2.05) is 19.9 Å². The Kier molecular flexibility index (Phi) is 3.97. The van der Waals surface area contributed by atoms with Crippen LogP contribution in [0.1, 0.15) is 25.8 Å². The van der Waals surface area contributed by atoms with E-state index in [1.54, 1.807) is 6.07 Å². The van der Waals surface area contributed by atoms with Crippen molar-refractivity contribution in [3.05, 3.63) is 35.6 Å². The fourth-order valence-electron chi connectivity index (χ4n) is 2.78. The van der Waals surface area contributed by atoms with Gasteiger partial charge in [-0.15, -0.1) is 0 Å². The van der Waals surface area contributed by atoms with Crippen LogP contribution in [0.4, 0.5) is 4.39 Å². The topological polar surface area (TPSA) is 37.4 Å². The molecule has 1 aliphatic heterocycles. The van der Waals surface area contributed by atoms with Crippen LogP contribution in [0.3, 0.4) is 0 Å². The second-order valence-corrected chi connectivity index (χ2v) is 7.67. The second kappa shape index (κ2) is 5.21. The molecular formula is C14H20FNO2S. The zero-order valence-electron chi connectivity index (χ0n) is 11.4. The molecule has 0 radical (unpaired) electrons. The van der Waals surface area contributed by atoms with Crippen molar-refractivity contribution < 1.29 is 12.8 Å². The molecule has 5 heteroatoms. The van der Waals surface area contributed by atoms with Gasteiger partial charge in [-0.05, 0) is 37.6 Å². The normalized spacial score (nSPS) is 25.9. The lowest BCUT2D eigenvalue weighted by molar-refractivity contribution is 0.124. The minimum atomic E-state index is -2.93. The second-order valence-electron chi connectivity index (χ2n) is 5.48. The zero-order valence-corrected chi connectivity index (χ0v) is 12.2. The molecule has 1 fully saturated rings. The summed E-state index contributed by atoms with van der Waals surface area (Å²) >= 11 is 0. The monoisotopic (exact) mass is 285 g/mol. The Hall–Kier alpha value is -0.940. The van der Waals surface area contributed by atoms with E-state index < -0.39 is 9.84 Å². The predicted molar refractivity (Wildman–Crippen MR) is 74.2 cm³/mol. The van der Waals surface area contributed by atoms with Gasteiger partial charge in [-0.25, -0.2) is 12.8 Å². The number of nitrogens with zero attached hydrogens (tertiary/aromatic N) is 1. The SMILES string of the molecule is CCN(Cc1cccc(F)c1)[C@@]1(C)CCS(=O)(=O)C1. The van der Waals surface area contributed by atoms with Crippen molar-refractivity contribution in [3.63, 3.8) is 0 Å². The molecule has 0 N–H and O–H groups in total. The molecule has 0 aromatic heterocycles. The van der Waals surface area contributed by atoms with Gasteiger partial charge in [0.2, 0.25) is 0 Å². The third-order valence-electron chi connectivity index (χ3n) is 3.89. The van der Waals surface area contributed by atoms with Gasteiger partial charge < -0.3 is 0 Å². The third-order valence-corrected chi connectivity index (χ3v) is 5.78. The molecule has 2 rings (SSSR count). The Labute approximate surface area is 114 Å². The summed E-state index contributed by atoms with van der Waals surface area (Å²) in [7, 11) is -2.93. The predicted octanol–water partition coefficient (Wildman–Crippen LogP) is 2.22. The van der Waals surface area contributed by atoms with Crippen molar-refractivity contribution in [2.24, 2.45) is 0 Å². The quantitative estimate of drug-likeness (QED) is 0.851. The van der Waals surface area contributed by atoms with Gasteiger partial charge in [-0.1, -0.05) is 19.1 Å². The van der Waals surface area contributed by atoms with E-state index in [4.69, 9.17) is 0 Å². The zero-order chi connectivity index (χ0) is 14.1. The number of benzene rings is 1. The van der Waals surface area contributed by atoms with Gasteiger partial charge in [-0.2, -0.15) is 0 Å². The lowest BCUT2D eigenvalue weighted by Gasteiger charge is -2.36. The van der Waals surface area contributed by atoms with Crippen LogP contribution in [0.5, 0.6) is 0 Å². The first kappa shape index (κ1) is 14.5. The molecule has 0 bridgehead atoms. The first-order chi connectivity index (χ1) is 8.85. The van der Waals surface area contributed by atoms with Crippen molar-refractivity contribution in [3.8, 4) is 0 Å². The first-order valence-corrected chi connectivity index (χ1v) is 8.37. The Morgan fingerprint density at radius 1 is 1.42 bits per heavy atom. The Balaban J connectivity index is 2.17. The standard InChI is InChI=1S/C14H20FNO2S/c1-3-16(10-12-5-4-6-13(15)9-12)14(2)7-8-19(17,18)11-14/h4-6,9H,3,7-8,10-11H2,1-2H3/t14-/m0/s1. The van der Waals surface area contributed by atoms with E-state index in [0.29, 0.717) is 13.0 Å². The highest BCUT2D eigenvalue weighted by molar-refractivity contribution is 7.91. The minimum absolute atomic E-state index is 0.198. The summed E-state index contributed by atoms with van der Waals surface area (Å²) in [6.45, 7) is 5.33. The highest BCUT2D eigenvalue weighted by Gasteiger charge is 2.42. The van der Waals surface area contributed by atoms with E-state index in [-0.39, 0.29) is 22.9 Å². The van der Waals surface area contributed by atoms with Crippen molar-refractivity contribution in [2.45, 2.75) is 32.4 Å². The number of hydrogen-bond donors (Lipinski definition) is 0. The van der Waals surface area contributed by atoms with Gasteiger partial charge in [0, 0.05) is 12.1 Å². The van der Waals surface area contributed by atoms with E-state index >= 15 is 0 Å². The molecular weight excluding hydrogens is 265 g/mol. The van der Waals surface area contributed by atoms with Crippen LogP contribution in [0.15, 0.2) is 24.3 Å². The fraction of sp³-hybridized carbons (Fsp3) is 0.571. The smallest absolute Gasteiger partial charge is 0.152 e. The molecule has 1 heterocycles. The molecule has 1 aromatic rings. The molecule has 0 aliphatic carbocycles. The van der Waals surface area contributed by atoms with Crippen LogP contribution in [0.25, 0.3) is 0 Å². The highest BCUT2D eigenvalue weighted by Crippen LogP contribution is 2.30. The van der Waals surface area contributed by atoms with E-state index in [0.717, 1.165) is 12.1 Å². The molecule has 106 valence electrons. The summed E-state index contributed by atoms with van der Waals surface area (Å²) in [6.07, 6.45) is 0.651. The Morgan fingerprint density at radius 2 is 2.16 bits per heavy atom. The summed E-state index contributed by atoms with van der Waals surface area (Å²) in [6, 6.07) is 6.49. The molecule has 0 unspecified atom stereocenters. The van der Waals surface area contributed by atoms with Crippen molar-refractivity contribution in [1.82, 2.24) is 4.90 Å². The lowest BCUT2D eigenvalue weighted by Crippen LogP contribution is -2.46. The average molecular weight is 285 g/mol. The summed E-state index contributed by atoms with van der Waals surface area (Å²) < 4.78 is 36.6. The van der Waals surface area contributed by atoms with E-state index in [1.165, 1.54) is 12.1 Å². The van der Waals surface area contributed by atoms with Crippen LogP contribution in [-0.2, 0) is 16.4 Å². The molecule has 0 amide bonds. The molecule has 3 nitrogen and oxygen atoms in total. The summed E-state index contributed by atoms with van der Waals surface area (Å²) in [5.74, 6) is 0.199. The molecule has 0 spiro atoms. The highest BCUT2D eigenvalue weighted by atomic mass is 32.2. The van der Waals surface area contributed by atoms with Crippen molar-refractivity contribution >= 4 is 9.84 Å². The number of rotatable bonds is 4. The summed E-state index contributed by atoms with van der Waals surface area (Å²) in [5, 5.41) is 0. The lowest BCUT2D eigenvalue weighted by atomic mass is 9.98. The van der Waals surface area contributed by atoms with Crippen molar-refractivity contribution in [2.75, 3.05) is 18.1 Å². The maximum Gasteiger partial charge on any atom is 0.152 e. The fourth-order valence-corrected chi connectivity index (χ4v) is 4.95. The number of halogens is 1. The largest absolute Gasteiger partial charge is 0.293 e. The number of hydrogen-bond acceptors (Lipinski definition) is 3. The summed E-state index contributed by atoms with van der Waals surface area (Å²) in [5.41, 5.74) is 0.548. The Morgan fingerprint density at radius 3 is 2.68 bits per heavy atom. The van der Waals surface area contributed by atoms with Gasteiger partial charge in [0.05, 0.1) is 11.5 Å². The molecule has 1 saturated heterocycles. The maximum atomic E-state index is 13.2. The average Bonchev–Trinajstić information content (AvgIpc) is 2.61. The molecule has 0 saturated carbocycles. The van der Waals surface area contributed by atoms with Gasteiger partial charge in [0.1, 0.15) is 5.82 Å². The van der Waals surface area contributed by atoms with Gasteiger partial charge >= 0.3 is 0 Å². The third kappa shape index (κ3) is 3.34. The van der Waals surface area contributed by atoms with Gasteiger partial charge in [-0.3, -0.25) is 4.90 Å². The van der Waals surface area contributed by atoms with Gasteiger partial charge in [0.25, 0.3) is 0 Å². The van der Waals surface area contributed by atoms with E-state index in [9.17, 15) is 12.8 Å². The minimum Gasteiger partial charge on any atom is -0.293 e. The molecule has 1 atom stereocenters. The van der Waals surface area contributed by atoms with Crippen LogP contribution in [-0.4, -0.2) is 36.9 Å². The summed E-state index contributed by atoms with van der Waals surface area (Å²) in [4.78, 5) is 2.13. The molecule has 1 aliphatic rings.